The summed E-state index contributed by atoms with van der Waals surface area (Å²) in [5, 5.41) is 10.6. The predicted molar refractivity (Wildman–Crippen MR) is 109 cm³/mol. The molecule has 0 unspecified atom stereocenters. The number of rotatable bonds is 3. The van der Waals surface area contributed by atoms with Crippen molar-refractivity contribution < 1.29 is 0 Å². The molecule has 0 aliphatic heterocycles. The van der Waals surface area contributed by atoms with Gasteiger partial charge in [0.2, 0.25) is 5.78 Å². The Morgan fingerprint density at radius 1 is 1.00 bits per heavy atom. The zero-order chi connectivity index (χ0) is 19.3. The molecule has 3 heterocycles. The lowest BCUT2D eigenvalue weighted by Crippen LogP contribution is -2.20. The molecule has 0 saturated carbocycles. The molecule has 8 nitrogen and oxygen atoms in total. The lowest BCUT2D eigenvalue weighted by Gasteiger charge is -2.08. The first-order valence-corrected chi connectivity index (χ1v) is 9.59. The largest absolute Gasteiger partial charge is 0.383 e. The third kappa shape index (κ3) is 2.51. The van der Waals surface area contributed by atoms with Crippen molar-refractivity contribution in [3.8, 4) is 0 Å². The highest BCUT2D eigenvalue weighted by molar-refractivity contribution is 7.98. The quantitative estimate of drug-likeness (QED) is 0.473. The number of aryl methyl sites for hydroxylation is 1. The van der Waals surface area contributed by atoms with E-state index in [1.54, 1.807) is 13.1 Å². The number of nitrogens with zero attached hydrogens (tertiary/aromatic N) is 6. The van der Waals surface area contributed by atoms with Crippen LogP contribution in [0.5, 0.6) is 0 Å². The van der Waals surface area contributed by atoms with Crippen molar-refractivity contribution in [2.24, 2.45) is 7.05 Å². The van der Waals surface area contributed by atoms with Gasteiger partial charge in [-0.25, -0.2) is 9.97 Å². The first-order chi connectivity index (χ1) is 13.6. The van der Waals surface area contributed by atoms with Gasteiger partial charge in [0.1, 0.15) is 11.6 Å². The standard InChI is InChI=1S/C19H15N7OS/c1-25-17(27)12-7-3-5-9-14(12)26-18(25)23-24-19(26)28-10-15-21-13-8-4-2-6-11(13)16(20)22-15/h2-9H,10H2,1H3,(H2,20,21,22). The monoisotopic (exact) mass is 389 g/mol. The summed E-state index contributed by atoms with van der Waals surface area (Å²) in [6.45, 7) is 0. The number of hydrogen-bond acceptors (Lipinski definition) is 7. The number of para-hydroxylation sites is 2. The fourth-order valence-electron chi connectivity index (χ4n) is 3.25. The SMILES string of the molecule is Cn1c(=O)c2ccccc2n2c(SCc3nc(N)c4ccccc4n3)nnc12. The number of thioether (sulfide) groups is 1. The van der Waals surface area contributed by atoms with Crippen molar-refractivity contribution in [2.45, 2.75) is 10.9 Å². The van der Waals surface area contributed by atoms with Gasteiger partial charge in [0.25, 0.3) is 5.56 Å². The maximum absolute atomic E-state index is 12.5. The number of fused-ring (bicyclic) bond motifs is 4. The fraction of sp³-hybridized carbons (Fsp3) is 0.105. The summed E-state index contributed by atoms with van der Waals surface area (Å²) in [4.78, 5) is 21.5. The highest BCUT2D eigenvalue weighted by Crippen LogP contribution is 2.25. The van der Waals surface area contributed by atoms with Crippen molar-refractivity contribution in [3.63, 3.8) is 0 Å². The van der Waals surface area contributed by atoms with E-state index in [1.165, 1.54) is 16.3 Å². The van der Waals surface area contributed by atoms with Gasteiger partial charge in [-0.15, -0.1) is 10.2 Å². The van der Waals surface area contributed by atoms with Crippen molar-refractivity contribution in [3.05, 3.63) is 64.7 Å². The van der Waals surface area contributed by atoms with Gasteiger partial charge >= 0.3 is 0 Å². The van der Waals surface area contributed by atoms with Crippen LogP contribution in [0.3, 0.4) is 0 Å². The molecular weight excluding hydrogens is 374 g/mol. The van der Waals surface area contributed by atoms with E-state index in [0.29, 0.717) is 33.7 Å². The lowest BCUT2D eigenvalue weighted by atomic mass is 10.2. The third-order valence-electron chi connectivity index (χ3n) is 4.61. The van der Waals surface area contributed by atoms with E-state index in [1.807, 2.05) is 46.9 Å². The molecule has 0 aliphatic carbocycles. The van der Waals surface area contributed by atoms with Gasteiger partial charge in [0, 0.05) is 12.4 Å². The molecule has 138 valence electrons. The van der Waals surface area contributed by atoms with Gasteiger partial charge in [-0.2, -0.15) is 0 Å². The molecule has 0 saturated heterocycles. The van der Waals surface area contributed by atoms with E-state index in [4.69, 9.17) is 5.73 Å². The first kappa shape index (κ1) is 16.7. The second-order valence-electron chi connectivity index (χ2n) is 6.33. The van der Waals surface area contributed by atoms with Crippen LogP contribution in [0.25, 0.3) is 27.6 Å². The van der Waals surface area contributed by atoms with Crippen LogP contribution in [0.2, 0.25) is 0 Å². The third-order valence-corrected chi connectivity index (χ3v) is 5.53. The number of anilines is 1. The van der Waals surface area contributed by atoms with Crippen molar-refractivity contribution in [1.82, 2.24) is 29.1 Å². The van der Waals surface area contributed by atoms with Gasteiger partial charge in [0.05, 0.1) is 22.2 Å². The molecule has 5 rings (SSSR count). The Balaban J connectivity index is 1.59. The highest BCUT2D eigenvalue weighted by atomic mass is 32.2. The second kappa shape index (κ2) is 6.31. The summed E-state index contributed by atoms with van der Waals surface area (Å²) in [6.07, 6.45) is 0. The first-order valence-electron chi connectivity index (χ1n) is 8.60. The Morgan fingerprint density at radius 3 is 2.61 bits per heavy atom. The zero-order valence-corrected chi connectivity index (χ0v) is 15.7. The number of benzene rings is 2. The molecule has 0 radical (unpaired) electrons. The van der Waals surface area contributed by atoms with Gasteiger partial charge in [0.15, 0.2) is 5.16 Å². The van der Waals surface area contributed by atoms with E-state index >= 15 is 0 Å². The van der Waals surface area contributed by atoms with Crippen molar-refractivity contribution in [1.29, 1.82) is 0 Å². The van der Waals surface area contributed by atoms with Gasteiger partial charge in [-0.3, -0.25) is 13.8 Å². The van der Waals surface area contributed by atoms with Crippen LogP contribution in [0.4, 0.5) is 5.82 Å². The minimum atomic E-state index is -0.0994. The molecule has 0 spiro atoms. The zero-order valence-electron chi connectivity index (χ0n) is 14.9. The molecule has 3 aromatic heterocycles. The molecule has 5 aromatic rings. The normalized spacial score (nSPS) is 11.6. The van der Waals surface area contributed by atoms with Crippen LogP contribution in [-0.2, 0) is 12.8 Å². The molecule has 0 aliphatic rings. The number of nitrogens with two attached hydrogens (primary N) is 1. The summed E-state index contributed by atoms with van der Waals surface area (Å²) in [6, 6.07) is 15.1. The van der Waals surface area contributed by atoms with E-state index in [2.05, 4.69) is 20.2 Å². The van der Waals surface area contributed by atoms with Crippen LogP contribution >= 0.6 is 11.8 Å². The Kier molecular flexibility index (Phi) is 3.76. The maximum Gasteiger partial charge on any atom is 0.262 e. The van der Waals surface area contributed by atoms with Gasteiger partial charge in [-0.1, -0.05) is 36.0 Å². The highest BCUT2D eigenvalue weighted by Gasteiger charge is 2.15. The molecule has 0 atom stereocenters. The van der Waals surface area contributed by atoms with E-state index < -0.39 is 0 Å². The van der Waals surface area contributed by atoms with Crippen molar-refractivity contribution >= 4 is 45.2 Å². The summed E-state index contributed by atoms with van der Waals surface area (Å²) in [5.41, 5.74) is 7.56. The van der Waals surface area contributed by atoms with Crippen LogP contribution in [-0.4, -0.2) is 29.1 Å². The van der Waals surface area contributed by atoms with Crippen LogP contribution in [0.1, 0.15) is 5.82 Å². The summed E-state index contributed by atoms with van der Waals surface area (Å²) >= 11 is 1.45. The average molecular weight is 389 g/mol. The summed E-state index contributed by atoms with van der Waals surface area (Å²) in [7, 11) is 1.69. The fourth-order valence-corrected chi connectivity index (χ4v) is 4.04. The number of nitrogen functional groups attached to an aromatic ring is 1. The molecule has 0 bridgehead atoms. The van der Waals surface area contributed by atoms with E-state index in [-0.39, 0.29) is 5.56 Å². The van der Waals surface area contributed by atoms with Gasteiger partial charge < -0.3 is 5.73 Å². The average Bonchev–Trinajstić information content (AvgIpc) is 3.15. The maximum atomic E-state index is 12.5. The topological polar surface area (TPSA) is 104 Å². The summed E-state index contributed by atoms with van der Waals surface area (Å²) < 4.78 is 3.38. The Labute approximate surface area is 163 Å². The summed E-state index contributed by atoms with van der Waals surface area (Å²) in [5.74, 6) is 2.05. The number of aromatic nitrogens is 6. The molecule has 0 amide bonds. The van der Waals surface area contributed by atoms with Crippen LogP contribution in [0.15, 0.2) is 58.5 Å². The van der Waals surface area contributed by atoms with Crippen LogP contribution in [0, 0.1) is 0 Å². The molecule has 0 fully saturated rings. The smallest absolute Gasteiger partial charge is 0.262 e. The minimum absolute atomic E-state index is 0.0994. The predicted octanol–water partition coefficient (Wildman–Crippen LogP) is 2.40. The minimum Gasteiger partial charge on any atom is -0.383 e. The Morgan fingerprint density at radius 2 is 1.75 bits per heavy atom. The van der Waals surface area contributed by atoms with Crippen molar-refractivity contribution in [2.75, 3.05) is 5.73 Å². The van der Waals surface area contributed by atoms with Crippen LogP contribution < -0.4 is 11.3 Å². The molecular formula is C19H15N7OS. The van der Waals surface area contributed by atoms with E-state index in [0.717, 1.165) is 16.4 Å². The Hall–Kier alpha value is -3.46. The molecule has 2 N–H and O–H groups in total. The van der Waals surface area contributed by atoms with Gasteiger partial charge in [-0.05, 0) is 24.3 Å². The molecule has 9 heteroatoms. The Bertz CT molecular complexity index is 1420. The lowest BCUT2D eigenvalue weighted by molar-refractivity contribution is 0.853. The molecule has 2 aromatic carbocycles. The van der Waals surface area contributed by atoms with E-state index in [9.17, 15) is 4.79 Å². The molecule has 28 heavy (non-hydrogen) atoms. The second-order valence-corrected chi connectivity index (χ2v) is 7.27. The number of hydrogen-bond donors (Lipinski definition) is 1.